The molecule has 118 valence electrons. The molecule has 3 nitrogen and oxygen atoms in total. The van der Waals surface area contributed by atoms with Gasteiger partial charge in [-0.25, -0.2) is 0 Å². The fourth-order valence-corrected chi connectivity index (χ4v) is 5.64. The van der Waals surface area contributed by atoms with Crippen molar-refractivity contribution >= 4 is 12.6 Å². The molecule has 5 rings (SSSR count). The van der Waals surface area contributed by atoms with Gasteiger partial charge in [0, 0.05) is 0 Å². The molecule has 4 saturated carbocycles. The van der Waals surface area contributed by atoms with Gasteiger partial charge < -0.3 is 14.8 Å². The maximum Gasteiger partial charge on any atom is 0.488 e. The lowest BCUT2D eigenvalue weighted by Crippen LogP contribution is -2.48. The van der Waals surface area contributed by atoms with E-state index < -0.39 is 7.12 Å². The molecule has 4 aliphatic rings. The third-order valence-corrected chi connectivity index (χ3v) is 6.12. The fraction of sp³-hybridized carbons (Fsp3) is 0.667. The summed E-state index contributed by atoms with van der Waals surface area (Å²) in [5, 5.41) is 18.2. The summed E-state index contributed by atoms with van der Waals surface area (Å²) in [6, 6.07) is 7.37. The second-order valence-electron chi connectivity index (χ2n) is 8.03. The molecule has 4 bridgehead atoms. The van der Waals surface area contributed by atoms with Crippen LogP contribution in [0.25, 0.3) is 0 Å². The lowest BCUT2D eigenvalue weighted by molar-refractivity contribution is -0.0994. The van der Waals surface area contributed by atoms with Gasteiger partial charge in [-0.3, -0.25) is 0 Å². The van der Waals surface area contributed by atoms with Crippen molar-refractivity contribution in [2.24, 2.45) is 23.2 Å². The van der Waals surface area contributed by atoms with Crippen LogP contribution in [0.5, 0.6) is 0 Å². The first-order valence-electron chi connectivity index (χ1n) is 8.65. The molecule has 4 aliphatic carbocycles. The van der Waals surface area contributed by atoms with Crippen molar-refractivity contribution in [2.45, 2.75) is 45.1 Å². The Hall–Kier alpha value is -0.835. The molecule has 0 heterocycles. The number of rotatable bonds is 5. The van der Waals surface area contributed by atoms with Gasteiger partial charge in [-0.15, -0.1) is 0 Å². The molecular formula is C18H25BO3. The fourth-order valence-electron chi connectivity index (χ4n) is 5.64. The smallest absolute Gasteiger partial charge is 0.423 e. The molecule has 4 fully saturated rings. The van der Waals surface area contributed by atoms with Gasteiger partial charge in [0.15, 0.2) is 0 Å². The normalized spacial score (nSPS) is 35.8. The van der Waals surface area contributed by atoms with Crippen LogP contribution in [0.1, 0.15) is 44.1 Å². The van der Waals surface area contributed by atoms with Crippen LogP contribution in [0.2, 0.25) is 0 Å². The summed E-state index contributed by atoms with van der Waals surface area (Å²) < 4.78 is 6.08. The monoisotopic (exact) mass is 300 g/mol. The van der Waals surface area contributed by atoms with E-state index in [1.807, 2.05) is 12.1 Å². The molecule has 0 radical (unpaired) electrons. The molecule has 0 amide bonds. The largest absolute Gasteiger partial charge is 0.488 e. The van der Waals surface area contributed by atoms with E-state index in [2.05, 4.69) is 0 Å². The van der Waals surface area contributed by atoms with Crippen molar-refractivity contribution in [1.29, 1.82) is 0 Å². The standard InChI is InChI=1S/C18H25BO3/c20-19(21)17-3-1-13(2-4-17)11-22-12-18-8-14-5-15(9-18)7-16(6-14)10-18/h1-4,14-16,20-21H,5-12H2. The predicted molar refractivity (Wildman–Crippen MR) is 86.5 cm³/mol. The zero-order chi connectivity index (χ0) is 15.2. The maximum atomic E-state index is 9.11. The van der Waals surface area contributed by atoms with Crippen LogP contribution in [0.3, 0.4) is 0 Å². The highest BCUT2D eigenvalue weighted by Gasteiger charge is 2.50. The molecule has 4 heteroatoms. The SMILES string of the molecule is OB(O)c1ccc(COCC23CC4CC(CC(C4)C2)C3)cc1. The Morgan fingerprint density at radius 1 is 0.955 bits per heavy atom. The highest BCUT2D eigenvalue weighted by molar-refractivity contribution is 6.58. The molecule has 0 atom stereocenters. The maximum absolute atomic E-state index is 9.11. The third kappa shape index (κ3) is 2.84. The van der Waals surface area contributed by atoms with Crippen LogP contribution in [-0.4, -0.2) is 23.8 Å². The van der Waals surface area contributed by atoms with E-state index in [4.69, 9.17) is 14.8 Å². The highest BCUT2D eigenvalue weighted by Crippen LogP contribution is 2.60. The van der Waals surface area contributed by atoms with Crippen molar-refractivity contribution in [3.05, 3.63) is 29.8 Å². The van der Waals surface area contributed by atoms with Gasteiger partial charge in [0.05, 0.1) is 13.2 Å². The Labute approximate surface area is 132 Å². The van der Waals surface area contributed by atoms with E-state index in [-0.39, 0.29) is 0 Å². The molecule has 1 aromatic rings. The Kier molecular flexibility index (Phi) is 3.79. The van der Waals surface area contributed by atoms with E-state index in [1.54, 1.807) is 12.1 Å². The van der Waals surface area contributed by atoms with Crippen molar-refractivity contribution in [2.75, 3.05) is 6.61 Å². The van der Waals surface area contributed by atoms with Gasteiger partial charge in [0.25, 0.3) is 0 Å². The lowest BCUT2D eigenvalue weighted by Gasteiger charge is -2.56. The van der Waals surface area contributed by atoms with E-state index in [1.165, 1.54) is 38.5 Å². The van der Waals surface area contributed by atoms with Crippen molar-refractivity contribution < 1.29 is 14.8 Å². The summed E-state index contributed by atoms with van der Waals surface area (Å²) in [7, 11) is -1.39. The van der Waals surface area contributed by atoms with Crippen LogP contribution >= 0.6 is 0 Å². The number of benzene rings is 1. The molecule has 0 unspecified atom stereocenters. The van der Waals surface area contributed by atoms with Gasteiger partial charge in [0.1, 0.15) is 0 Å². The average molecular weight is 300 g/mol. The van der Waals surface area contributed by atoms with E-state index in [0.717, 1.165) is 29.9 Å². The van der Waals surface area contributed by atoms with Crippen molar-refractivity contribution in [3.63, 3.8) is 0 Å². The first-order chi connectivity index (χ1) is 10.6. The van der Waals surface area contributed by atoms with Gasteiger partial charge in [0.2, 0.25) is 0 Å². The predicted octanol–water partition coefficient (Wildman–Crippen LogP) is 2.10. The van der Waals surface area contributed by atoms with Gasteiger partial charge in [-0.1, -0.05) is 24.3 Å². The van der Waals surface area contributed by atoms with Crippen molar-refractivity contribution in [3.8, 4) is 0 Å². The Bertz CT molecular complexity index is 490. The molecule has 0 aliphatic heterocycles. The zero-order valence-electron chi connectivity index (χ0n) is 13.1. The van der Waals surface area contributed by atoms with E-state index in [0.29, 0.717) is 17.5 Å². The molecule has 0 saturated heterocycles. The summed E-state index contributed by atoms with van der Waals surface area (Å²) in [6.45, 7) is 1.53. The molecular weight excluding hydrogens is 275 g/mol. The second kappa shape index (κ2) is 5.66. The van der Waals surface area contributed by atoms with Crippen LogP contribution < -0.4 is 5.46 Å². The van der Waals surface area contributed by atoms with Crippen LogP contribution in [0.4, 0.5) is 0 Å². The Morgan fingerprint density at radius 2 is 1.50 bits per heavy atom. The minimum absolute atomic E-state index is 0.468. The number of hydrogen-bond acceptors (Lipinski definition) is 3. The first-order valence-corrected chi connectivity index (χ1v) is 8.65. The van der Waals surface area contributed by atoms with Crippen LogP contribution in [0, 0.1) is 23.2 Å². The molecule has 22 heavy (non-hydrogen) atoms. The average Bonchev–Trinajstić information content (AvgIpc) is 2.46. The topological polar surface area (TPSA) is 49.7 Å². The van der Waals surface area contributed by atoms with Gasteiger partial charge >= 0.3 is 7.12 Å². The quantitative estimate of drug-likeness (QED) is 0.819. The lowest BCUT2D eigenvalue weighted by atomic mass is 9.50. The Morgan fingerprint density at radius 3 is 2.00 bits per heavy atom. The molecule has 1 aromatic carbocycles. The number of ether oxygens (including phenoxy) is 1. The first kappa shape index (κ1) is 14.7. The summed E-state index contributed by atoms with van der Waals surface area (Å²) in [6.07, 6.45) is 8.58. The summed E-state index contributed by atoms with van der Waals surface area (Å²) >= 11 is 0. The van der Waals surface area contributed by atoms with Gasteiger partial charge in [-0.2, -0.15) is 0 Å². The number of hydrogen-bond donors (Lipinski definition) is 2. The second-order valence-corrected chi connectivity index (χ2v) is 8.03. The zero-order valence-corrected chi connectivity index (χ0v) is 13.1. The summed E-state index contributed by atoms with van der Waals surface area (Å²) in [5.41, 5.74) is 2.11. The Balaban J connectivity index is 1.33. The molecule has 2 N–H and O–H groups in total. The van der Waals surface area contributed by atoms with Gasteiger partial charge in [-0.05, 0) is 72.7 Å². The summed E-state index contributed by atoms with van der Waals surface area (Å²) in [4.78, 5) is 0. The molecule has 0 spiro atoms. The van der Waals surface area contributed by atoms with E-state index >= 15 is 0 Å². The summed E-state index contributed by atoms with van der Waals surface area (Å²) in [5.74, 6) is 2.92. The highest BCUT2D eigenvalue weighted by atomic mass is 16.5. The minimum Gasteiger partial charge on any atom is -0.423 e. The van der Waals surface area contributed by atoms with Crippen LogP contribution in [0.15, 0.2) is 24.3 Å². The van der Waals surface area contributed by atoms with Crippen molar-refractivity contribution in [1.82, 2.24) is 0 Å². The third-order valence-electron chi connectivity index (χ3n) is 6.12. The minimum atomic E-state index is -1.39. The molecule has 0 aromatic heterocycles. The van der Waals surface area contributed by atoms with E-state index in [9.17, 15) is 0 Å². The van der Waals surface area contributed by atoms with Crippen LogP contribution in [-0.2, 0) is 11.3 Å².